The molecule has 1 N–H and O–H groups in total. The van der Waals surface area contributed by atoms with E-state index in [0.717, 1.165) is 10.0 Å². The van der Waals surface area contributed by atoms with Crippen LogP contribution in [0.2, 0.25) is 0 Å². The highest BCUT2D eigenvalue weighted by atomic mass is 79.9. The second-order valence-electron chi connectivity index (χ2n) is 2.92. The number of nitriles is 1. The highest BCUT2D eigenvalue weighted by Gasteiger charge is 2.08. The SMILES string of the molecule is Cc1c(Br)cc(C#N)cc1CC(=O)O. The normalized spacial score (nSPS) is 9.50. The second-order valence-corrected chi connectivity index (χ2v) is 3.78. The molecule has 0 aliphatic rings. The van der Waals surface area contributed by atoms with E-state index in [1.807, 2.05) is 13.0 Å². The molecule has 72 valence electrons. The van der Waals surface area contributed by atoms with E-state index in [-0.39, 0.29) is 6.42 Å². The Balaban J connectivity index is 3.21. The number of rotatable bonds is 2. The fourth-order valence-corrected chi connectivity index (χ4v) is 1.65. The van der Waals surface area contributed by atoms with Gasteiger partial charge in [-0.05, 0) is 30.2 Å². The van der Waals surface area contributed by atoms with Gasteiger partial charge in [-0.1, -0.05) is 15.9 Å². The predicted octanol–water partition coefficient (Wildman–Crippen LogP) is 2.26. The van der Waals surface area contributed by atoms with Crippen molar-refractivity contribution in [1.29, 1.82) is 5.26 Å². The van der Waals surface area contributed by atoms with Gasteiger partial charge >= 0.3 is 5.97 Å². The Bertz CT molecular complexity index is 421. The van der Waals surface area contributed by atoms with Crippen molar-refractivity contribution in [3.8, 4) is 6.07 Å². The topological polar surface area (TPSA) is 61.1 Å². The third-order valence-corrected chi connectivity index (χ3v) is 2.75. The summed E-state index contributed by atoms with van der Waals surface area (Å²) >= 11 is 3.28. The minimum atomic E-state index is -0.893. The van der Waals surface area contributed by atoms with Gasteiger partial charge in [0.1, 0.15) is 0 Å². The van der Waals surface area contributed by atoms with E-state index in [1.165, 1.54) is 0 Å². The van der Waals surface area contributed by atoms with Crippen LogP contribution in [-0.4, -0.2) is 11.1 Å². The minimum Gasteiger partial charge on any atom is -0.481 e. The third-order valence-electron chi connectivity index (χ3n) is 1.92. The molecule has 0 aliphatic heterocycles. The minimum absolute atomic E-state index is 0.0556. The lowest BCUT2D eigenvalue weighted by Crippen LogP contribution is -2.02. The quantitative estimate of drug-likeness (QED) is 0.880. The summed E-state index contributed by atoms with van der Waals surface area (Å²) in [6, 6.07) is 5.27. The van der Waals surface area contributed by atoms with Crippen LogP contribution in [0.3, 0.4) is 0 Å². The van der Waals surface area contributed by atoms with Gasteiger partial charge < -0.3 is 5.11 Å². The molecule has 0 bridgehead atoms. The van der Waals surface area contributed by atoms with E-state index in [9.17, 15) is 4.79 Å². The Hall–Kier alpha value is -1.34. The molecule has 0 spiro atoms. The third kappa shape index (κ3) is 2.33. The highest BCUT2D eigenvalue weighted by Crippen LogP contribution is 2.22. The van der Waals surface area contributed by atoms with Crippen LogP contribution in [-0.2, 0) is 11.2 Å². The van der Waals surface area contributed by atoms with Gasteiger partial charge in [-0.25, -0.2) is 0 Å². The molecule has 0 unspecified atom stereocenters. The van der Waals surface area contributed by atoms with Crippen molar-refractivity contribution in [2.75, 3.05) is 0 Å². The molecule has 3 nitrogen and oxygen atoms in total. The van der Waals surface area contributed by atoms with Gasteiger partial charge in [0.15, 0.2) is 0 Å². The molecule has 0 aliphatic carbocycles. The molecule has 14 heavy (non-hydrogen) atoms. The molecule has 0 saturated heterocycles. The van der Waals surface area contributed by atoms with E-state index < -0.39 is 5.97 Å². The molecule has 0 aromatic heterocycles. The van der Waals surface area contributed by atoms with Gasteiger partial charge in [0.2, 0.25) is 0 Å². The van der Waals surface area contributed by atoms with Crippen LogP contribution < -0.4 is 0 Å². The van der Waals surface area contributed by atoms with Gasteiger partial charge in [-0.2, -0.15) is 5.26 Å². The lowest BCUT2D eigenvalue weighted by atomic mass is 10.0. The lowest BCUT2D eigenvalue weighted by molar-refractivity contribution is -0.136. The number of hydrogen-bond acceptors (Lipinski definition) is 2. The Kier molecular flexibility index (Phi) is 3.26. The number of carbonyl (C=O) groups is 1. The zero-order valence-corrected chi connectivity index (χ0v) is 9.13. The van der Waals surface area contributed by atoms with Crippen molar-refractivity contribution in [2.45, 2.75) is 13.3 Å². The number of benzene rings is 1. The van der Waals surface area contributed by atoms with Gasteiger partial charge in [0.05, 0.1) is 18.1 Å². The maximum Gasteiger partial charge on any atom is 0.307 e. The number of hydrogen-bond donors (Lipinski definition) is 1. The van der Waals surface area contributed by atoms with Crippen molar-refractivity contribution in [3.05, 3.63) is 33.3 Å². The lowest BCUT2D eigenvalue weighted by Gasteiger charge is -2.05. The Morgan fingerprint density at radius 2 is 2.29 bits per heavy atom. The van der Waals surface area contributed by atoms with E-state index in [1.54, 1.807) is 12.1 Å². The largest absolute Gasteiger partial charge is 0.481 e. The molecule has 4 heteroatoms. The molecule has 0 atom stereocenters. The number of carboxylic acid groups (broad SMARTS) is 1. The van der Waals surface area contributed by atoms with Crippen molar-refractivity contribution in [2.24, 2.45) is 0 Å². The van der Waals surface area contributed by atoms with E-state index in [4.69, 9.17) is 10.4 Å². The predicted molar refractivity (Wildman–Crippen MR) is 54.9 cm³/mol. The molecule has 0 fully saturated rings. The maximum absolute atomic E-state index is 10.5. The zero-order valence-electron chi connectivity index (χ0n) is 7.54. The van der Waals surface area contributed by atoms with E-state index in [2.05, 4.69) is 15.9 Å². The monoisotopic (exact) mass is 253 g/mol. The summed E-state index contributed by atoms with van der Waals surface area (Å²) in [7, 11) is 0. The molecule has 0 heterocycles. The van der Waals surface area contributed by atoms with Crippen molar-refractivity contribution in [1.82, 2.24) is 0 Å². The molecular weight excluding hydrogens is 246 g/mol. The van der Waals surface area contributed by atoms with Gasteiger partial charge in [0, 0.05) is 4.47 Å². The summed E-state index contributed by atoms with van der Waals surface area (Å²) in [6.07, 6.45) is -0.0556. The molecule has 0 radical (unpaired) electrons. The van der Waals surface area contributed by atoms with Crippen LogP contribution in [0, 0.1) is 18.3 Å². The van der Waals surface area contributed by atoms with Crippen molar-refractivity contribution < 1.29 is 9.90 Å². The first-order valence-corrected chi connectivity index (χ1v) is 4.75. The fraction of sp³-hybridized carbons (Fsp3) is 0.200. The summed E-state index contributed by atoms with van der Waals surface area (Å²) in [5.74, 6) is -0.893. The summed E-state index contributed by atoms with van der Waals surface area (Å²) in [4.78, 5) is 10.5. The van der Waals surface area contributed by atoms with Crippen molar-refractivity contribution >= 4 is 21.9 Å². The second kappa shape index (κ2) is 4.25. The average molecular weight is 254 g/mol. The number of aliphatic carboxylic acids is 1. The highest BCUT2D eigenvalue weighted by molar-refractivity contribution is 9.10. The first kappa shape index (κ1) is 10.7. The first-order valence-electron chi connectivity index (χ1n) is 3.95. The molecule has 0 saturated carbocycles. The van der Waals surface area contributed by atoms with Crippen LogP contribution in [0.4, 0.5) is 0 Å². The standard InChI is InChI=1S/C10H8BrNO2/c1-6-8(4-10(13)14)2-7(5-12)3-9(6)11/h2-3H,4H2,1H3,(H,13,14). The van der Waals surface area contributed by atoms with Crippen LogP contribution >= 0.6 is 15.9 Å². The first-order chi connectivity index (χ1) is 6.54. The van der Waals surface area contributed by atoms with E-state index >= 15 is 0 Å². The number of nitrogens with zero attached hydrogens (tertiary/aromatic N) is 1. The number of halogens is 1. The maximum atomic E-state index is 10.5. The van der Waals surface area contributed by atoms with Crippen LogP contribution in [0.1, 0.15) is 16.7 Å². The Morgan fingerprint density at radius 1 is 1.64 bits per heavy atom. The van der Waals surface area contributed by atoms with Gasteiger partial charge in [0.25, 0.3) is 0 Å². The van der Waals surface area contributed by atoms with E-state index in [0.29, 0.717) is 11.1 Å². The zero-order chi connectivity index (χ0) is 10.7. The van der Waals surface area contributed by atoms with Crippen LogP contribution in [0.25, 0.3) is 0 Å². The fourth-order valence-electron chi connectivity index (χ4n) is 1.15. The summed E-state index contributed by atoms with van der Waals surface area (Å²) in [6.45, 7) is 1.82. The van der Waals surface area contributed by atoms with Gasteiger partial charge in [-0.3, -0.25) is 4.79 Å². The van der Waals surface area contributed by atoms with Gasteiger partial charge in [-0.15, -0.1) is 0 Å². The molecule has 1 aromatic carbocycles. The summed E-state index contributed by atoms with van der Waals surface area (Å²) in [5.41, 5.74) is 2.01. The summed E-state index contributed by atoms with van der Waals surface area (Å²) in [5, 5.41) is 17.3. The number of carboxylic acids is 1. The molecule has 1 rings (SSSR count). The Labute approximate surface area is 90.1 Å². The molecule has 0 amide bonds. The van der Waals surface area contributed by atoms with Crippen LogP contribution in [0.15, 0.2) is 16.6 Å². The average Bonchev–Trinajstić information content (AvgIpc) is 2.11. The summed E-state index contributed by atoms with van der Waals surface area (Å²) < 4.78 is 0.771. The molecular formula is C10H8BrNO2. The van der Waals surface area contributed by atoms with Crippen molar-refractivity contribution in [3.63, 3.8) is 0 Å². The Morgan fingerprint density at radius 3 is 2.79 bits per heavy atom. The smallest absolute Gasteiger partial charge is 0.307 e. The molecule has 1 aromatic rings. The van der Waals surface area contributed by atoms with Crippen LogP contribution in [0.5, 0.6) is 0 Å².